The normalized spacial score (nSPS) is 33.3. The van der Waals surface area contributed by atoms with Crippen LogP contribution in [0.5, 0.6) is 0 Å². The Kier molecular flexibility index (Phi) is 4.31. The second-order valence-corrected chi connectivity index (χ2v) is 7.39. The third kappa shape index (κ3) is 2.74. The third-order valence-electron chi connectivity index (χ3n) is 6.06. The minimum atomic E-state index is -0.247. The van der Waals surface area contributed by atoms with E-state index in [1.165, 1.54) is 18.6 Å². The van der Waals surface area contributed by atoms with Crippen LogP contribution in [0.4, 0.5) is 4.39 Å². The van der Waals surface area contributed by atoms with Crippen molar-refractivity contribution in [2.75, 3.05) is 32.8 Å². The van der Waals surface area contributed by atoms with Crippen molar-refractivity contribution < 1.29 is 13.9 Å². The van der Waals surface area contributed by atoms with E-state index in [4.69, 9.17) is 4.74 Å². The number of hydrogen-bond acceptors (Lipinski definition) is 3. The fourth-order valence-corrected chi connectivity index (χ4v) is 4.70. The molecule has 1 aromatic carbocycles. The molecule has 3 aliphatic rings. The molecule has 24 heavy (non-hydrogen) atoms. The van der Waals surface area contributed by atoms with Gasteiger partial charge in [0.1, 0.15) is 11.9 Å². The van der Waals surface area contributed by atoms with Gasteiger partial charge in [0.2, 0.25) is 5.91 Å². The Morgan fingerprint density at radius 2 is 2.12 bits per heavy atom. The van der Waals surface area contributed by atoms with Crippen molar-refractivity contribution in [3.8, 4) is 0 Å². The zero-order valence-corrected chi connectivity index (χ0v) is 14.0. The third-order valence-corrected chi connectivity index (χ3v) is 6.06. The van der Waals surface area contributed by atoms with E-state index in [0.29, 0.717) is 31.5 Å². The molecule has 0 aromatic heterocycles. The summed E-state index contributed by atoms with van der Waals surface area (Å²) in [5.74, 6) is 0.530. The summed E-state index contributed by atoms with van der Waals surface area (Å²) < 4.78 is 19.0. The molecule has 0 spiro atoms. The van der Waals surface area contributed by atoms with E-state index in [-0.39, 0.29) is 17.3 Å². The average Bonchev–Trinajstić information content (AvgIpc) is 3.07. The lowest BCUT2D eigenvalue weighted by Crippen LogP contribution is -2.53. The van der Waals surface area contributed by atoms with E-state index in [1.54, 1.807) is 12.1 Å². The first-order valence-electron chi connectivity index (χ1n) is 9.06. The van der Waals surface area contributed by atoms with E-state index in [2.05, 4.69) is 5.32 Å². The summed E-state index contributed by atoms with van der Waals surface area (Å²) in [5, 5.41) is 3.45. The van der Waals surface area contributed by atoms with E-state index < -0.39 is 0 Å². The van der Waals surface area contributed by atoms with Gasteiger partial charge >= 0.3 is 0 Å². The van der Waals surface area contributed by atoms with Crippen molar-refractivity contribution in [2.45, 2.75) is 31.8 Å². The maximum Gasteiger partial charge on any atom is 0.230 e. The van der Waals surface area contributed by atoms with Gasteiger partial charge in [0, 0.05) is 13.1 Å². The molecule has 1 unspecified atom stereocenters. The van der Waals surface area contributed by atoms with Crippen molar-refractivity contribution in [1.29, 1.82) is 0 Å². The van der Waals surface area contributed by atoms with Crippen molar-refractivity contribution in [1.82, 2.24) is 10.2 Å². The summed E-state index contributed by atoms with van der Waals surface area (Å²) in [7, 11) is 0. The second-order valence-electron chi connectivity index (χ2n) is 7.39. The number of nitrogens with zero attached hydrogens (tertiary/aromatic N) is 1. The van der Waals surface area contributed by atoms with Gasteiger partial charge in [-0.2, -0.15) is 0 Å². The smallest absolute Gasteiger partial charge is 0.230 e. The fourth-order valence-electron chi connectivity index (χ4n) is 4.70. The molecule has 2 aliphatic heterocycles. The average molecular weight is 332 g/mol. The Morgan fingerprint density at radius 1 is 1.29 bits per heavy atom. The van der Waals surface area contributed by atoms with Gasteiger partial charge in [0.25, 0.3) is 0 Å². The molecule has 1 amide bonds. The minimum Gasteiger partial charge on any atom is -0.370 e. The number of benzene rings is 1. The van der Waals surface area contributed by atoms with Crippen LogP contribution in [0.25, 0.3) is 0 Å². The predicted molar refractivity (Wildman–Crippen MR) is 88.9 cm³/mol. The van der Waals surface area contributed by atoms with Crippen LogP contribution in [-0.2, 0) is 9.53 Å². The zero-order valence-electron chi connectivity index (χ0n) is 14.0. The standard InChI is InChI=1S/C19H25FN2O2/c20-16-6-4-14(5-7-16)17-12-22(9-10-24-17)18(23)19-8-2-1-3-15(19)11-21-13-19/h4-7,15,17,21H,1-3,8-13H2/t15-,17?,19+/m0/s1. The van der Waals surface area contributed by atoms with Gasteiger partial charge in [0.15, 0.2) is 0 Å². The minimum absolute atomic E-state index is 0.156. The summed E-state index contributed by atoms with van der Waals surface area (Å²) in [6, 6.07) is 6.42. The fraction of sp³-hybridized carbons (Fsp3) is 0.632. The maximum absolute atomic E-state index is 13.4. The molecule has 130 valence electrons. The van der Waals surface area contributed by atoms with Gasteiger partial charge in [-0.15, -0.1) is 0 Å². The Bertz CT molecular complexity index is 606. The highest BCUT2D eigenvalue weighted by Gasteiger charge is 2.51. The number of carbonyl (C=O) groups excluding carboxylic acids is 1. The molecule has 4 rings (SSSR count). The Hall–Kier alpha value is -1.46. The highest BCUT2D eigenvalue weighted by Crippen LogP contribution is 2.45. The molecule has 3 fully saturated rings. The van der Waals surface area contributed by atoms with E-state index in [0.717, 1.165) is 37.9 Å². The monoisotopic (exact) mass is 332 g/mol. The number of morpholine rings is 1. The van der Waals surface area contributed by atoms with E-state index in [9.17, 15) is 9.18 Å². The molecule has 1 N–H and O–H groups in total. The van der Waals surface area contributed by atoms with E-state index in [1.807, 2.05) is 4.90 Å². The summed E-state index contributed by atoms with van der Waals surface area (Å²) in [6.07, 6.45) is 4.39. The highest BCUT2D eigenvalue weighted by atomic mass is 19.1. The number of halogens is 1. The summed E-state index contributed by atoms with van der Waals surface area (Å²) >= 11 is 0. The Labute approximate surface area is 142 Å². The molecule has 3 atom stereocenters. The quantitative estimate of drug-likeness (QED) is 0.905. The maximum atomic E-state index is 13.4. The summed E-state index contributed by atoms with van der Waals surface area (Å²) in [5.41, 5.74) is 0.735. The lowest BCUT2D eigenvalue weighted by atomic mass is 9.67. The molecule has 1 aromatic rings. The van der Waals surface area contributed by atoms with Crippen LogP contribution in [0.15, 0.2) is 24.3 Å². The number of ether oxygens (including phenoxy) is 1. The van der Waals surface area contributed by atoms with E-state index >= 15 is 0 Å². The first kappa shape index (κ1) is 16.0. The topological polar surface area (TPSA) is 41.6 Å². The molecule has 5 heteroatoms. The van der Waals surface area contributed by atoms with Crippen molar-refractivity contribution in [3.63, 3.8) is 0 Å². The number of hydrogen-bond donors (Lipinski definition) is 1. The van der Waals surface area contributed by atoms with Crippen LogP contribution in [-0.4, -0.2) is 43.6 Å². The lowest BCUT2D eigenvalue weighted by Gasteiger charge is -2.43. The SMILES string of the molecule is O=C(N1CCOC(c2ccc(F)cc2)C1)[C@@]12CCCC[C@H]1CNC2. The first-order valence-corrected chi connectivity index (χ1v) is 9.06. The van der Waals surface area contributed by atoms with Gasteiger partial charge in [-0.1, -0.05) is 25.0 Å². The van der Waals surface area contributed by atoms with Crippen LogP contribution in [0.3, 0.4) is 0 Å². The number of nitrogens with one attached hydrogen (secondary N) is 1. The number of fused-ring (bicyclic) bond motifs is 1. The van der Waals surface area contributed by atoms with Gasteiger partial charge in [-0.3, -0.25) is 4.79 Å². The molecule has 1 saturated carbocycles. The second kappa shape index (κ2) is 6.45. The van der Waals surface area contributed by atoms with Crippen LogP contribution < -0.4 is 5.32 Å². The largest absolute Gasteiger partial charge is 0.370 e. The molecule has 2 saturated heterocycles. The molecule has 2 heterocycles. The predicted octanol–water partition coefficient (Wildman–Crippen LogP) is 2.51. The molecule has 0 bridgehead atoms. The summed E-state index contributed by atoms with van der Waals surface area (Å²) in [4.78, 5) is 15.3. The highest BCUT2D eigenvalue weighted by molar-refractivity contribution is 5.84. The Balaban J connectivity index is 1.51. The van der Waals surface area contributed by atoms with Crippen molar-refractivity contribution >= 4 is 5.91 Å². The molecule has 0 radical (unpaired) electrons. The molecule has 1 aliphatic carbocycles. The van der Waals surface area contributed by atoms with Gasteiger partial charge in [0.05, 0.1) is 18.6 Å². The molecular weight excluding hydrogens is 307 g/mol. The van der Waals surface area contributed by atoms with Crippen molar-refractivity contribution in [3.05, 3.63) is 35.6 Å². The zero-order chi connectivity index (χ0) is 16.6. The van der Waals surface area contributed by atoms with Gasteiger partial charge < -0.3 is 15.0 Å². The number of amides is 1. The molecule has 4 nitrogen and oxygen atoms in total. The number of rotatable bonds is 2. The summed E-state index contributed by atoms with van der Waals surface area (Å²) in [6.45, 7) is 3.55. The van der Waals surface area contributed by atoms with Gasteiger partial charge in [-0.25, -0.2) is 4.39 Å². The van der Waals surface area contributed by atoms with Gasteiger partial charge in [-0.05, 0) is 43.0 Å². The van der Waals surface area contributed by atoms with Crippen LogP contribution >= 0.6 is 0 Å². The van der Waals surface area contributed by atoms with Crippen LogP contribution in [0.1, 0.15) is 37.4 Å². The molecular formula is C19H25FN2O2. The lowest BCUT2D eigenvalue weighted by molar-refractivity contribution is -0.153. The Morgan fingerprint density at radius 3 is 2.96 bits per heavy atom. The van der Waals surface area contributed by atoms with Crippen LogP contribution in [0, 0.1) is 17.2 Å². The number of carbonyl (C=O) groups is 1. The first-order chi connectivity index (χ1) is 11.7. The van der Waals surface area contributed by atoms with Crippen LogP contribution in [0.2, 0.25) is 0 Å². The van der Waals surface area contributed by atoms with Crippen molar-refractivity contribution in [2.24, 2.45) is 11.3 Å².